The molecule has 2 nitrogen and oxygen atoms in total. The van der Waals surface area contributed by atoms with Gasteiger partial charge in [-0.15, -0.1) is 0 Å². The molecule has 0 N–H and O–H groups in total. The van der Waals surface area contributed by atoms with E-state index in [1.807, 2.05) is 0 Å². The molecular formula is C29H41FN2. The summed E-state index contributed by atoms with van der Waals surface area (Å²) in [5.41, 5.74) is 4.37. The minimum atomic E-state index is -1.08. The summed E-state index contributed by atoms with van der Waals surface area (Å²) in [6.45, 7) is 11.9. The molecule has 2 aliphatic heterocycles. The lowest BCUT2D eigenvalue weighted by molar-refractivity contribution is 0.0943. The molecule has 2 aliphatic rings. The molecule has 0 aromatic heterocycles. The van der Waals surface area contributed by atoms with Gasteiger partial charge in [0.1, 0.15) is 5.67 Å². The third-order valence-corrected chi connectivity index (χ3v) is 7.30. The van der Waals surface area contributed by atoms with Gasteiger partial charge in [-0.2, -0.15) is 0 Å². The summed E-state index contributed by atoms with van der Waals surface area (Å²) in [5, 5.41) is 0. The van der Waals surface area contributed by atoms with Gasteiger partial charge in [-0.05, 0) is 99.7 Å². The number of aryl methyl sites for hydroxylation is 1. The molecule has 0 aliphatic carbocycles. The van der Waals surface area contributed by atoms with Gasteiger partial charge in [0.15, 0.2) is 0 Å². The maximum Gasteiger partial charge on any atom is 0.118 e. The van der Waals surface area contributed by atoms with E-state index in [-0.39, 0.29) is 0 Å². The minimum absolute atomic E-state index is 0.569. The van der Waals surface area contributed by atoms with Crippen LogP contribution in [0, 0.1) is 11.8 Å². The summed E-state index contributed by atoms with van der Waals surface area (Å²) in [6, 6.07) is 18.3. The molecule has 2 fully saturated rings. The van der Waals surface area contributed by atoms with Gasteiger partial charge in [-0.3, -0.25) is 4.90 Å². The van der Waals surface area contributed by atoms with Crippen molar-refractivity contribution >= 4 is 0 Å². The molecule has 4 rings (SSSR count). The monoisotopic (exact) mass is 436 g/mol. The van der Waals surface area contributed by atoms with Gasteiger partial charge in [-0.1, -0.05) is 55.5 Å². The third kappa shape index (κ3) is 6.89. The zero-order chi connectivity index (χ0) is 22.6. The molecule has 0 saturated carbocycles. The van der Waals surface area contributed by atoms with E-state index in [1.54, 1.807) is 13.8 Å². The zero-order valence-corrected chi connectivity index (χ0v) is 20.3. The van der Waals surface area contributed by atoms with E-state index in [0.717, 1.165) is 37.9 Å². The van der Waals surface area contributed by atoms with Crippen LogP contribution in [0.5, 0.6) is 0 Å². The lowest BCUT2D eigenvalue weighted by atomic mass is 9.90. The molecule has 2 heterocycles. The smallest absolute Gasteiger partial charge is 0.118 e. The minimum Gasteiger partial charge on any atom is -0.300 e. The third-order valence-electron chi connectivity index (χ3n) is 7.30. The Kier molecular flexibility index (Phi) is 7.68. The van der Waals surface area contributed by atoms with Crippen LogP contribution in [-0.4, -0.2) is 48.2 Å². The molecule has 1 unspecified atom stereocenters. The first-order chi connectivity index (χ1) is 15.3. The molecule has 2 aromatic carbocycles. The summed E-state index contributed by atoms with van der Waals surface area (Å²) in [5.74, 6) is 1.62. The van der Waals surface area contributed by atoms with Crippen molar-refractivity contribution in [2.45, 2.75) is 65.1 Å². The number of rotatable bonds is 8. The van der Waals surface area contributed by atoms with Gasteiger partial charge in [0.2, 0.25) is 0 Å². The largest absolute Gasteiger partial charge is 0.300 e. The second-order valence-corrected chi connectivity index (χ2v) is 11.0. The second-order valence-electron chi connectivity index (χ2n) is 11.0. The van der Waals surface area contributed by atoms with Gasteiger partial charge in [0.05, 0.1) is 0 Å². The molecule has 0 radical (unpaired) electrons. The van der Waals surface area contributed by atoms with Crippen molar-refractivity contribution in [3.63, 3.8) is 0 Å². The summed E-state index contributed by atoms with van der Waals surface area (Å²) >= 11 is 0. The fraction of sp³-hybridized carbons (Fsp3) is 0.586. The van der Waals surface area contributed by atoms with E-state index in [1.165, 1.54) is 61.0 Å². The number of halogens is 1. The molecule has 3 heteroatoms. The lowest BCUT2D eigenvalue weighted by Crippen LogP contribution is -2.41. The Bertz CT molecular complexity index is 829. The Morgan fingerprint density at radius 3 is 1.91 bits per heavy atom. The van der Waals surface area contributed by atoms with Crippen LogP contribution in [0.3, 0.4) is 0 Å². The van der Waals surface area contributed by atoms with Crippen LogP contribution in [0.4, 0.5) is 4.39 Å². The van der Waals surface area contributed by atoms with Gasteiger partial charge in [0.25, 0.3) is 0 Å². The Morgan fingerprint density at radius 2 is 1.38 bits per heavy atom. The van der Waals surface area contributed by atoms with Crippen LogP contribution in [0.15, 0.2) is 48.5 Å². The number of nitrogens with zero attached hydrogens (tertiary/aromatic N) is 2. The van der Waals surface area contributed by atoms with Crippen molar-refractivity contribution in [3.8, 4) is 11.1 Å². The van der Waals surface area contributed by atoms with Gasteiger partial charge >= 0.3 is 0 Å². The molecule has 174 valence electrons. The Morgan fingerprint density at radius 1 is 0.812 bits per heavy atom. The highest BCUT2D eigenvalue weighted by Crippen LogP contribution is 2.26. The lowest BCUT2D eigenvalue weighted by Gasteiger charge is -2.34. The van der Waals surface area contributed by atoms with Crippen LogP contribution in [0.1, 0.15) is 57.6 Å². The van der Waals surface area contributed by atoms with Crippen LogP contribution < -0.4 is 0 Å². The van der Waals surface area contributed by atoms with Crippen LogP contribution >= 0.6 is 0 Å². The summed E-state index contributed by atoms with van der Waals surface area (Å²) < 4.78 is 13.9. The van der Waals surface area contributed by atoms with Gasteiger partial charge in [-0.25, -0.2) is 4.39 Å². The van der Waals surface area contributed by atoms with E-state index in [9.17, 15) is 4.39 Å². The molecule has 0 amide bonds. The molecule has 1 atom stereocenters. The zero-order valence-electron chi connectivity index (χ0n) is 20.3. The fourth-order valence-corrected chi connectivity index (χ4v) is 5.43. The van der Waals surface area contributed by atoms with Crippen molar-refractivity contribution < 1.29 is 4.39 Å². The SMILES string of the molecule is CC1CCN(Cc2ccc(-c3ccc(CCC4CCN(CC(C)(C)F)CC4)cc3)cc2)C1. The average Bonchev–Trinajstić information content (AvgIpc) is 3.18. The Balaban J connectivity index is 1.23. The van der Waals surface area contributed by atoms with Crippen molar-refractivity contribution in [1.29, 1.82) is 0 Å². The quantitative estimate of drug-likeness (QED) is 0.461. The van der Waals surface area contributed by atoms with E-state index in [0.29, 0.717) is 6.54 Å². The van der Waals surface area contributed by atoms with Crippen LogP contribution in [0.2, 0.25) is 0 Å². The maximum absolute atomic E-state index is 13.9. The molecule has 32 heavy (non-hydrogen) atoms. The highest BCUT2D eigenvalue weighted by molar-refractivity contribution is 5.64. The highest BCUT2D eigenvalue weighted by atomic mass is 19.1. The molecular weight excluding hydrogens is 395 g/mol. The van der Waals surface area contributed by atoms with E-state index < -0.39 is 5.67 Å². The number of piperidine rings is 1. The second kappa shape index (κ2) is 10.5. The van der Waals surface area contributed by atoms with Gasteiger partial charge < -0.3 is 4.90 Å². The normalized spacial score (nSPS) is 21.3. The molecule has 0 spiro atoms. The maximum atomic E-state index is 13.9. The highest BCUT2D eigenvalue weighted by Gasteiger charge is 2.25. The number of likely N-dealkylation sites (tertiary alicyclic amines) is 2. The number of benzene rings is 2. The topological polar surface area (TPSA) is 6.48 Å². The predicted octanol–water partition coefficient (Wildman–Crippen LogP) is 6.59. The van der Waals surface area contributed by atoms with Crippen LogP contribution in [0.25, 0.3) is 11.1 Å². The van der Waals surface area contributed by atoms with Crippen molar-refractivity contribution in [2.75, 3.05) is 32.7 Å². The molecule has 0 bridgehead atoms. The number of hydrogen-bond acceptors (Lipinski definition) is 2. The van der Waals surface area contributed by atoms with E-state index >= 15 is 0 Å². The Labute approximate surface area is 194 Å². The fourth-order valence-electron chi connectivity index (χ4n) is 5.43. The van der Waals surface area contributed by atoms with E-state index in [2.05, 4.69) is 65.3 Å². The molecule has 2 saturated heterocycles. The summed E-state index contributed by atoms with van der Waals surface area (Å²) in [6.07, 6.45) is 6.14. The number of hydrogen-bond donors (Lipinski definition) is 0. The van der Waals surface area contributed by atoms with Gasteiger partial charge in [0, 0.05) is 19.6 Å². The first-order valence-electron chi connectivity index (χ1n) is 12.7. The first-order valence-corrected chi connectivity index (χ1v) is 12.7. The van der Waals surface area contributed by atoms with Crippen molar-refractivity contribution in [3.05, 3.63) is 59.7 Å². The number of alkyl halides is 1. The standard InChI is InChI=1S/C29H41FN2/c1-23-14-17-32(20-23)21-26-8-12-28(13-9-26)27-10-6-24(7-11-27)4-5-25-15-18-31(19-16-25)22-29(2,3)30/h6-13,23,25H,4-5,14-22H2,1-3H3. The summed E-state index contributed by atoms with van der Waals surface area (Å²) in [4.78, 5) is 4.86. The van der Waals surface area contributed by atoms with E-state index in [4.69, 9.17) is 0 Å². The molecule has 2 aromatic rings. The van der Waals surface area contributed by atoms with Crippen LogP contribution in [-0.2, 0) is 13.0 Å². The van der Waals surface area contributed by atoms with Crippen molar-refractivity contribution in [2.24, 2.45) is 11.8 Å². The summed E-state index contributed by atoms with van der Waals surface area (Å²) in [7, 11) is 0. The van der Waals surface area contributed by atoms with Crippen molar-refractivity contribution in [1.82, 2.24) is 9.80 Å². The average molecular weight is 437 g/mol. The first kappa shape index (κ1) is 23.4. The predicted molar refractivity (Wildman–Crippen MR) is 134 cm³/mol. The Hall–Kier alpha value is -1.71.